The molecule has 182 valence electrons. The molecule has 0 saturated carbocycles. The molecular weight excluding hydrogens is 451 g/mol. The van der Waals surface area contributed by atoms with Gasteiger partial charge in [-0.25, -0.2) is 9.18 Å². The molecule has 0 saturated heterocycles. The zero-order valence-corrected chi connectivity index (χ0v) is 20.4. The maximum absolute atomic E-state index is 15.3. The fourth-order valence-corrected chi connectivity index (χ4v) is 4.69. The number of hydrogen-bond donors (Lipinski definition) is 1. The van der Waals surface area contributed by atoms with Gasteiger partial charge in [0.1, 0.15) is 0 Å². The Morgan fingerprint density at radius 2 is 2.00 bits per heavy atom. The number of ether oxygens (including phenoxy) is 2. The third kappa shape index (κ3) is 4.28. The van der Waals surface area contributed by atoms with Crippen LogP contribution in [0.1, 0.15) is 55.7 Å². The van der Waals surface area contributed by atoms with E-state index in [1.54, 1.807) is 32.9 Å². The number of carboxylic acids is 1. The first kappa shape index (κ1) is 24.4. The van der Waals surface area contributed by atoms with E-state index in [9.17, 15) is 20.0 Å². The zero-order valence-electron chi connectivity index (χ0n) is 20.4. The van der Waals surface area contributed by atoms with E-state index in [1.807, 2.05) is 13.0 Å². The zero-order chi connectivity index (χ0) is 25.7. The molecule has 4 rings (SSSR count). The highest BCUT2D eigenvalue weighted by molar-refractivity contribution is 6.00. The number of nitrogens with zero attached hydrogens (tertiary/aromatic N) is 2. The summed E-state index contributed by atoms with van der Waals surface area (Å²) in [4.78, 5) is 25.9. The van der Waals surface area contributed by atoms with E-state index >= 15 is 4.39 Å². The van der Waals surface area contributed by atoms with Gasteiger partial charge in [-0.3, -0.25) is 4.79 Å². The molecule has 0 bridgehead atoms. The number of nitriles is 1. The Morgan fingerprint density at radius 1 is 1.29 bits per heavy atom. The fraction of sp³-hybridized carbons (Fsp3) is 0.370. The van der Waals surface area contributed by atoms with E-state index in [-0.39, 0.29) is 22.4 Å². The van der Waals surface area contributed by atoms with Gasteiger partial charge < -0.3 is 19.1 Å². The van der Waals surface area contributed by atoms with Gasteiger partial charge in [-0.1, -0.05) is 6.07 Å². The minimum Gasteiger partial charge on any atom is -0.490 e. The lowest BCUT2D eigenvalue weighted by atomic mass is 9.87. The van der Waals surface area contributed by atoms with Crippen molar-refractivity contribution in [2.45, 2.75) is 52.2 Å². The first-order valence-electron chi connectivity index (χ1n) is 11.4. The molecule has 1 unspecified atom stereocenters. The van der Waals surface area contributed by atoms with Crippen LogP contribution >= 0.6 is 0 Å². The number of benzene rings is 2. The Kier molecular flexibility index (Phi) is 6.16. The number of aliphatic carboxylic acids is 1. The van der Waals surface area contributed by atoms with E-state index in [2.05, 4.69) is 0 Å². The van der Waals surface area contributed by atoms with Crippen molar-refractivity contribution >= 4 is 16.7 Å². The molecule has 1 N–H and O–H groups in total. The van der Waals surface area contributed by atoms with Gasteiger partial charge in [-0.15, -0.1) is 0 Å². The quantitative estimate of drug-likeness (QED) is 0.579. The number of halogens is 1. The van der Waals surface area contributed by atoms with Gasteiger partial charge in [0, 0.05) is 23.6 Å². The first-order valence-corrected chi connectivity index (χ1v) is 11.4. The Morgan fingerprint density at radius 3 is 2.63 bits per heavy atom. The van der Waals surface area contributed by atoms with E-state index in [0.717, 1.165) is 17.5 Å². The third-order valence-corrected chi connectivity index (χ3v) is 6.22. The molecule has 7 nitrogen and oxygen atoms in total. The van der Waals surface area contributed by atoms with Crippen LogP contribution in [0.5, 0.6) is 5.75 Å². The molecule has 0 aliphatic carbocycles. The molecule has 0 fully saturated rings. The number of carboxylic acid groups (broad SMARTS) is 1. The van der Waals surface area contributed by atoms with Gasteiger partial charge in [0.2, 0.25) is 0 Å². The normalized spacial score (nSPS) is 14.2. The van der Waals surface area contributed by atoms with Crippen LogP contribution in [0.2, 0.25) is 0 Å². The van der Waals surface area contributed by atoms with Gasteiger partial charge >= 0.3 is 5.97 Å². The lowest BCUT2D eigenvalue weighted by Crippen LogP contribution is -2.33. The van der Waals surface area contributed by atoms with Crippen molar-refractivity contribution in [2.75, 3.05) is 6.61 Å². The fourth-order valence-electron chi connectivity index (χ4n) is 4.69. The summed E-state index contributed by atoms with van der Waals surface area (Å²) in [6, 6.07) is 8.00. The van der Waals surface area contributed by atoms with Gasteiger partial charge in [0.05, 0.1) is 29.5 Å². The Labute approximate surface area is 202 Å². The molecule has 0 amide bonds. The maximum Gasteiger partial charge on any atom is 0.339 e. The molecule has 1 atom stereocenters. The van der Waals surface area contributed by atoms with Crippen molar-refractivity contribution in [1.82, 2.24) is 4.57 Å². The molecule has 8 heteroatoms. The van der Waals surface area contributed by atoms with Crippen LogP contribution in [0.3, 0.4) is 0 Å². The van der Waals surface area contributed by atoms with Gasteiger partial charge in [0.25, 0.3) is 5.56 Å². The first-order chi connectivity index (χ1) is 16.4. The van der Waals surface area contributed by atoms with Crippen molar-refractivity contribution in [2.24, 2.45) is 7.05 Å². The number of carbonyl (C=O) groups is 1. The van der Waals surface area contributed by atoms with Crippen LogP contribution in [0.25, 0.3) is 21.9 Å². The molecule has 1 aliphatic heterocycles. The van der Waals surface area contributed by atoms with Crippen molar-refractivity contribution in [3.8, 4) is 22.9 Å². The van der Waals surface area contributed by atoms with Crippen LogP contribution in [0.4, 0.5) is 4.39 Å². The minimum absolute atomic E-state index is 0.105. The monoisotopic (exact) mass is 478 g/mol. The molecule has 2 aromatic carbocycles. The standard InChI is InChI=1S/C27H27FN2O5/c1-14-16-7-6-10-34-23(16)20(28)12-18(14)21-17-9-8-15(13-29)11-19(17)25(31)30(5)22(21)24(26(32)33)35-27(2,3)4/h8-9,11-12,24H,6-7,10H2,1-5H3,(H,32,33). The second-order valence-corrected chi connectivity index (χ2v) is 9.74. The molecule has 1 aromatic heterocycles. The van der Waals surface area contributed by atoms with E-state index in [0.29, 0.717) is 29.5 Å². The molecule has 1 aliphatic rings. The number of pyridine rings is 1. The lowest BCUT2D eigenvalue weighted by Gasteiger charge is -2.29. The van der Waals surface area contributed by atoms with Crippen LogP contribution in [-0.2, 0) is 23.0 Å². The lowest BCUT2D eigenvalue weighted by molar-refractivity contribution is -0.161. The second-order valence-electron chi connectivity index (χ2n) is 9.74. The Hall–Kier alpha value is -3.70. The van der Waals surface area contributed by atoms with Crippen molar-refractivity contribution in [3.63, 3.8) is 0 Å². The van der Waals surface area contributed by atoms with Crippen LogP contribution < -0.4 is 10.3 Å². The minimum atomic E-state index is -1.50. The summed E-state index contributed by atoms with van der Waals surface area (Å²) in [7, 11) is 1.47. The largest absolute Gasteiger partial charge is 0.490 e. The van der Waals surface area contributed by atoms with E-state index in [1.165, 1.54) is 23.7 Å². The molecule has 2 heterocycles. The average molecular weight is 479 g/mol. The Balaban J connectivity index is 2.19. The molecular formula is C27H27FN2O5. The van der Waals surface area contributed by atoms with E-state index < -0.39 is 29.1 Å². The third-order valence-electron chi connectivity index (χ3n) is 6.22. The van der Waals surface area contributed by atoms with Crippen LogP contribution in [0.15, 0.2) is 29.1 Å². The number of hydrogen-bond acceptors (Lipinski definition) is 5. The molecule has 3 aromatic rings. The van der Waals surface area contributed by atoms with Gasteiger partial charge in [0.15, 0.2) is 17.7 Å². The summed E-state index contributed by atoms with van der Waals surface area (Å²) in [6.45, 7) is 7.44. The predicted molar refractivity (Wildman–Crippen MR) is 129 cm³/mol. The summed E-state index contributed by atoms with van der Waals surface area (Å²) < 4.78 is 28.0. The Bertz CT molecular complexity index is 1460. The summed E-state index contributed by atoms with van der Waals surface area (Å²) in [6.07, 6.45) is -0.157. The number of fused-ring (bicyclic) bond motifs is 2. The highest BCUT2D eigenvalue weighted by Gasteiger charge is 2.34. The SMILES string of the molecule is Cc1c(-c2c(C(OC(C)(C)C)C(=O)O)n(C)c(=O)c3cc(C#N)ccc23)cc(F)c2c1CCCO2. The maximum atomic E-state index is 15.3. The van der Waals surface area contributed by atoms with Crippen LogP contribution in [0, 0.1) is 24.1 Å². The van der Waals surface area contributed by atoms with Crippen molar-refractivity contribution in [3.05, 3.63) is 62.8 Å². The number of rotatable bonds is 4. The van der Waals surface area contributed by atoms with E-state index in [4.69, 9.17) is 9.47 Å². The summed E-state index contributed by atoms with van der Waals surface area (Å²) in [5.41, 5.74) is 1.37. The molecule has 0 spiro atoms. The summed E-state index contributed by atoms with van der Waals surface area (Å²) in [5.74, 6) is -1.62. The summed E-state index contributed by atoms with van der Waals surface area (Å²) in [5, 5.41) is 20.2. The van der Waals surface area contributed by atoms with Gasteiger partial charge in [-0.05, 0) is 75.2 Å². The smallest absolute Gasteiger partial charge is 0.339 e. The molecule has 35 heavy (non-hydrogen) atoms. The summed E-state index contributed by atoms with van der Waals surface area (Å²) >= 11 is 0. The predicted octanol–water partition coefficient (Wildman–Crippen LogP) is 4.79. The van der Waals surface area contributed by atoms with Crippen molar-refractivity contribution in [1.29, 1.82) is 5.26 Å². The van der Waals surface area contributed by atoms with Crippen LogP contribution in [-0.4, -0.2) is 27.9 Å². The molecule has 0 radical (unpaired) electrons. The highest BCUT2D eigenvalue weighted by Crippen LogP contribution is 2.42. The van der Waals surface area contributed by atoms with Crippen molar-refractivity contribution < 1.29 is 23.8 Å². The highest BCUT2D eigenvalue weighted by atomic mass is 19.1. The topological polar surface area (TPSA) is 102 Å². The second kappa shape index (κ2) is 8.82. The number of aromatic nitrogens is 1. The average Bonchev–Trinajstić information content (AvgIpc) is 2.81. The van der Waals surface area contributed by atoms with Gasteiger partial charge in [-0.2, -0.15) is 5.26 Å².